The van der Waals surface area contributed by atoms with Gasteiger partial charge >= 0.3 is 0 Å². The maximum absolute atomic E-state index is 2.61. The van der Waals surface area contributed by atoms with Gasteiger partial charge in [-0.1, -0.05) is 231 Å². The molecule has 10 aromatic rings. The van der Waals surface area contributed by atoms with Crippen LogP contribution in [-0.4, -0.2) is 0 Å². The van der Waals surface area contributed by atoms with Crippen LogP contribution < -0.4 is 4.90 Å². The molecule has 0 saturated heterocycles. The zero-order valence-electron chi connectivity index (χ0n) is 39.4. The topological polar surface area (TPSA) is 3.24 Å². The molecule has 0 radical (unpaired) electrons. The zero-order valence-corrected chi connectivity index (χ0v) is 39.4. The molecule has 10 aromatic carbocycles. The van der Waals surface area contributed by atoms with Gasteiger partial charge in [0.1, 0.15) is 0 Å². The minimum atomic E-state index is -0.644. The fourth-order valence-corrected chi connectivity index (χ4v) is 12.4. The summed E-state index contributed by atoms with van der Waals surface area (Å²) in [6.07, 6.45) is 25.4. The molecule has 14 rings (SSSR count). The molecular weight excluding hydrogens is 855 g/mol. The predicted octanol–water partition coefficient (Wildman–Crippen LogP) is 18.5. The molecule has 1 aliphatic heterocycles. The van der Waals surface area contributed by atoms with Crippen LogP contribution in [0, 0.1) is 0 Å². The van der Waals surface area contributed by atoms with Crippen molar-refractivity contribution >= 4 is 66.6 Å². The number of hydrogen-bond donors (Lipinski definition) is 0. The number of allylic oxidation sites excluding steroid dienone is 11. The van der Waals surface area contributed by atoms with Gasteiger partial charge < -0.3 is 4.90 Å². The Balaban J connectivity index is 1.04. The van der Waals surface area contributed by atoms with E-state index in [0.717, 1.165) is 19.3 Å². The molecule has 334 valence electrons. The molecular formula is C70H49N. The van der Waals surface area contributed by atoms with Crippen LogP contribution in [0.25, 0.3) is 71.8 Å². The van der Waals surface area contributed by atoms with E-state index >= 15 is 0 Å². The minimum absolute atomic E-state index is 0.644. The van der Waals surface area contributed by atoms with Gasteiger partial charge in [0.05, 0.1) is 22.5 Å². The van der Waals surface area contributed by atoms with Gasteiger partial charge in [-0.05, 0) is 149 Å². The highest BCUT2D eigenvalue weighted by Gasteiger charge is 2.52. The van der Waals surface area contributed by atoms with Crippen molar-refractivity contribution in [1.29, 1.82) is 0 Å². The molecule has 1 spiro atoms. The summed E-state index contributed by atoms with van der Waals surface area (Å²) in [5.41, 5.74) is 20.9. The number of hydrogen-bond acceptors (Lipinski definition) is 1. The van der Waals surface area contributed by atoms with Crippen molar-refractivity contribution in [2.45, 2.75) is 24.7 Å². The third-order valence-electron chi connectivity index (χ3n) is 15.6. The van der Waals surface area contributed by atoms with E-state index in [-0.39, 0.29) is 0 Å². The predicted molar refractivity (Wildman–Crippen MR) is 302 cm³/mol. The Hall–Kier alpha value is -8.78. The minimum Gasteiger partial charge on any atom is -0.309 e. The molecule has 4 aliphatic rings. The Morgan fingerprint density at radius 1 is 0.408 bits per heavy atom. The molecule has 71 heavy (non-hydrogen) atoms. The van der Waals surface area contributed by atoms with Crippen LogP contribution in [0.3, 0.4) is 0 Å². The number of rotatable bonds is 4. The van der Waals surface area contributed by atoms with Gasteiger partial charge in [0.2, 0.25) is 0 Å². The Kier molecular flexibility index (Phi) is 9.71. The molecule has 0 aromatic heterocycles. The molecule has 0 atom stereocenters. The van der Waals surface area contributed by atoms with Gasteiger partial charge in [-0.2, -0.15) is 0 Å². The number of fused-ring (bicyclic) bond motifs is 13. The van der Waals surface area contributed by atoms with Gasteiger partial charge in [0, 0.05) is 10.8 Å². The maximum Gasteiger partial charge on any atom is 0.0754 e. The van der Waals surface area contributed by atoms with Gasteiger partial charge in [-0.25, -0.2) is 0 Å². The van der Waals surface area contributed by atoms with Gasteiger partial charge in [-0.3, -0.25) is 0 Å². The number of nitrogens with zero attached hydrogens (tertiary/aromatic N) is 1. The second kappa shape index (κ2) is 16.7. The maximum atomic E-state index is 2.61. The summed E-state index contributed by atoms with van der Waals surface area (Å²) in [5.74, 6) is 0. The third kappa shape index (κ3) is 6.47. The summed E-state index contributed by atoms with van der Waals surface area (Å²) in [7, 11) is 0. The van der Waals surface area contributed by atoms with Crippen LogP contribution >= 0.6 is 0 Å². The van der Waals surface area contributed by atoms with Crippen molar-refractivity contribution in [2.24, 2.45) is 0 Å². The molecule has 0 saturated carbocycles. The molecule has 1 heteroatoms. The number of benzene rings is 10. The lowest BCUT2D eigenvalue weighted by molar-refractivity contribution is 0.753. The molecule has 1 heterocycles. The summed E-state index contributed by atoms with van der Waals surface area (Å²) < 4.78 is 0. The van der Waals surface area contributed by atoms with E-state index in [4.69, 9.17) is 0 Å². The number of anilines is 3. The molecule has 0 bridgehead atoms. The fraction of sp³-hybridized carbons (Fsp3) is 0.0571. The van der Waals surface area contributed by atoms with Gasteiger partial charge in [0.25, 0.3) is 0 Å². The Morgan fingerprint density at radius 3 is 1.75 bits per heavy atom. The average molecular weight is 904 g/mol. The van der Waals surface area contributed by atoms with E-state index in [2.05, 4.69) is 266 Å². The lowest BCUT2D eigenvalue weighted by Crippen LogP contribution is -2.36. The van der Waals surface area contributed by atoms with E-state index in [1.165, 1.54) is 127 Å². The third-order valence-corrected chi connectivity index (χ3v) is 15.6. The van der Waals surface area contributed by atoms with Crippen LogP contribution in [0.2, 0.25) is 0 Å². The van der Waals surface area contributed by atoms with Crippen LogP contribution in [-0.2, 0) is 11.8 Å². The first-order chi connectivity index (χ1) is 35.2. The standard InChI is InChI=1S/C70H49N/c1-2-4-6-23-51(24-7-5-3-1)68-58-26-12-14-28-60(58)69(61-29-15-13-27-59(61)68)71-66-32-18-16-30-62(66)70(63-31-17-19-33-67(63)71)64-45-54(50-36-34-47-20-8-9-21-48(47)35-37-50)40-42-56(64)57-43-41-55(46-65(57)70)53-39-38-49-22-10-11-25-52(49)44-53/h1-2,4-22,24-34,36-46H,3,23,35H2/b2-1-,6-4-,7-5-,51-24+. The van der Waals surface area contributed by atoms with Crippen molar-refractivity contribution in [3.63, 3.8) is 0 Å². The van der Waals surface area contributed by atoms with Crippen molar-refractivity contribution in [2.75, 3.05) is 4.90 Å². The lowest BCUT2D eigenvalue weighted by atomic mass is 9.64. The molecule has 3 aliphatic carbocycles. The van der Waals surface area contributed by atoms with Crippen molar-refractivity contribution in [3.8, 4) is 22.3 Å². The smallest absolute Gasteiger partial charge is 0.0754 e. The quantitative estimate of drug-likeness (QED) is 0.159. The van der Waals surface area contributed by atoms with Crippen LogP contribution in [0.4, 0.5) is 17.1 Å². The highest BCUT2D eigenvalue weighted by molar-refractivity contribution is 6.20. The van der Waals surface area contributed by atoms with E-state index in [9.17, 15) is 0 Å². The van der Waals surface area contributed by atoms with Crippen molar-refractivity contribution in [3.05, 3.63) is 299 Å². The van der Waals surface area contributed by atoms with Crippen LogP contribution in [0.15, 0.2) is 255 Å². The Morgan fingerprint density at radius 2 is 0.986 bits per heavy atom. The summed E-state index contributed by atoms with van der Waals surface area (Å²) >= 11 is 0. The number of para-hydroxylation sites is 2. The SMILES string of the molecule is C1=Cc2ccccc2CC=C1c1ccc2c(c1)C1(c3cc(-c4ccc5ccccc5c4)ccc3-2)c2ccccc2N(c2c3ccccc3c(/C3=C/C=C\C/C=C\C=C/C3)c3ccccc23)c2ccccc21. The van der Waals surface area contributed by atoms with E-state index in [0.29, 0.717) is 0 Å². The fourth-order valence-electron chi connectivity index (χ4n) is 12.4. The monoisotopic (exact) mass is 903 g/mol. The van der Waals surface area contributed by atoms with E-state index in [1.807, 2.05) is 0 Å². The van der Waals surface area contributed by atoms with Crippen LogP contribution in [0.5, 0.6) is 0 Å². The normalized spacial score (nSPS) is 17.3. The largest absolute Gasteiger partial charge is 0.309 e. The lowest BCUT2D eigenvalue weighted by Gasteiger charge is -2.45. The summed E-state index contributed by atoms with van der Waals surface area (Å²) in [4.78, 5) is 2.61. The first-order valence-electron chi connectivity index (χ1n) is 25.1. The summed E-state index contributed by atoms with van der Waals surface area (Å²) in [6, 6.07) is 75.8. The highest BCUT2D eigenvalue weighted by atomic mass is 15.2. The summed E-state index contributed by atoms with van der Waals surface area (Å²) in [5, 5.41) is 7.47. The molecule has 0 unspecified atom stereocenters. The molecule has 0 fully saturated rings. The van der Waals surface area contributed by atoms with Crippen molar-refractivity contribution < 1.29 is 0 Å². The Bertz CT molecular complexity index is 3930. The molecule has 1 nitrogen and oxygen atoms in total. The van der Waals surface area contributed by atoms with Crippen LogP contribution in [0.1, 0.15) is 57.3 Å². The molecule has 0 N–H and O–H groups in total. The molecule has 0 amide bonds. The van der Waals surface area contributed by atoms with Crippen molar-refractivity contribution in [1.82, 2.24) is 0 Å². The van der Waals surface area contributed by atoms with Gasteiger partial charge in [-0.15, -0.1) is 0 Å². The van der Waals surface area contributed by atoms with E-state index < -0.39 is 5.41 Å². The van der Waals surface area contributed by atoms with E-state index in [1.54, 1.807) is 0 Å². The first kappa shape index (κ1) is 41.2. The Labute approximate surface area is 415 Å². The first-order valence-corrected chi connectivity index (χ1v) is 25.1. The summed E-state index contributed by atoms with van der Waals surface area (Å²) in [6.45, 7) is 0. The average Bonchev–Trinajstić information content (AvgIpc) is 3.53. The second-order valence-electron chi connectivity index (χ2n) is 19.3. The highest BCUT2D eigenvalue weighted by Crippen LogP contribution is 2.65. The zero-order chi connectivity index (χ0) is 46.9. The van der Waals surface area contributed by atoms with Gasteiger partial charge in [0.15, 0.2) is 0 Å². The second-order valence-corrected chi connectivity index (χ2v) is 19.3.